The standard InChI is InChI=1S/C11H14N4/c1-10(2,3)11(12-14-15-13-11)9-7-5-4-6-8-9/h4-8H,1-3H3. The number of nitrogens with zero attached hydrogens (tertiary/aromatic N) is 4. The molecule has 0 amide bonds. The minimum atomic E-state index is -0.658. The van der Waals surface area contributed by atoms with Crippen LogP contribution in [0.4, 0.5) is 0 Å². The summed E-state index contributed by atoms with van der Waals surface area (Å²) >= 11 is 0. The zero-order valence-corrected chi connectivity index (χ0v) is 9.18. The Morgan fingerprint density at radius 1 is 0.933 bits per heavy atom. The van der Waals surface area contributed by atoms with Crippen LogP contribution in [0.15, 0.2) is 51.0 Å². The molecule has 1 aromatic carbocycles. The van der Waals surface area contributed by atoms with Crippen molar-refractivity contribution >= 4 is 0 Å². The zero-order valence-electron chi connectivity index (χ0n) is 9.18. The van der Waals surface area contributed by atoms with Crippen LogP contribution in [0, 0.1) is 5.41 Å². The molecule has 0 aromatic heterocycles. The second-order valence-electron chi connectivity index (χ2n) is 4.67. The molecule has 2 rings (SSSR count). The fraction of sp³-hybridized carbons (Fsp3) is 0.455. The predicted octanol–water partition coefficient (Wildman–Crippen LogP) is 3.72. The van der Waals surface area contributed by atoms with Crippen LogP contribution >= 0.6 is 0 Å². The molecule has 0 bridgehead atoms. The lowest BCUT2D eigenvalue weighted by molar-refractivity contribution is 0.197. The van der Waals surface area contributed by atoms with Crippen molar-refractivity contribution in [3.8, 4) is 0 Å². The molecule has 78 valence electrons. The second-order valence-corrected chi connectivity index (χ2v) is 4.67. The number of rotatable bonds is 1. The quantitative estimate of drug-likeness (QED) is 0.666. The number of hydrogen-bond donors (Lipinski definition) is 0. The van der Waals surface area contributed by atoms with Crippen LogP contribution in [0.3, 0.4) is 0 Å². The third-order valence-corrected chi connectivity index (χ3v) is 2.64. The first kappa shape index (κ1) is 9.96. The lowest BCUT2D eigenvalue weighted by Gasteiger charge is -2.33. The Morgan fingerprint density at radius 2 is 1.47 bits per heavy atom. The predicted molar refractivity (Wildman–Crippen MR) is 57.3 cm³/mol. The average Bonchev–Trinajstić information content (AvgIpc) is 2.68. The smallest absolute Gasteiger partial charge is 0.129 e. The number of hydrogen-bond acceptors (Lipinski definition) is 4. The Balaban J connectivity index is 2.55. The van der Waals surface area contributed by atoms with Crippen molar-refractivity contribution < 1.29 is 0 Å². The Labute approximate surface area is 89.1 Å². The zero-order chi connectivity index (χ0) is 10.9. The van der Waals surface area contributed by atoms with E-state index < -0.39 is 5.66 Å². The monoisotopic (exact) mass is 202 g/mol. The maximum Gasteiger partial charge on any atom is 0.224 e. The summed E-state index contributed by atoms with van der Waals surface area (Å²) in [4.78, 5) is 0. The van der Waals surface area contributed by atoms with Crippen molar-refractivity contribution in [1.82, 2.24) is 0 Å². The van der Waals surface area contributed by atoms with Crippen molar-refractivity contribution in [1.29, 1.82) is 0 Å². The maximum atomic E-state index is 4.20. The van der Waals surface area contributed by atoms with E-state index in [9.17, 15) is 0 Å². The molecule has 4 heteroatoms. The molecular weight excluding hydrogens is 188 g/mol. The topological polar surface area (TPSA) is 49.4 Å². The highest BCUT2D eigenvalue weighted by Crippen LogP contribution is 2.46. The van der Waals surface area contributed by atoms with Gasteiger partial charge in [0.1, 0.15) is 0 Å². The van der Waals surface area contributed by atoms with Crippen molar-refractivity contribution in [2.75, 3.05) is 0 Å². The van der Waals surface area contributed by atoms with E-state index in [0.717, 1.165) is 5.56 Å². The summed E-state index contributed by atoms with van der Waals surface area (Å²) in [6.45, 7) is 6.26. The molecular formula is C11H14N4. The molecule has 0 radical (unpaired) electrons. The first-order chi connectivity index (χ1) is 7.06. The van der Waals surface area contributed by atoms with Crippen LogP contribution in [0.2, 0.25) is 0 Å². The van der Waals surface area contributed by atoms with E-state index in [2.05, 4.69) is 41.4 Å². The van der Waals surface area contributed by atoms with Gasteiger partial charge in [-0.2, -0.15) is 0 Å². The van der Waals surface area contributed by atoms with Crippen LogP contribution < -0.4 is 0 Å². The summed E-state index contributed by atoms with van der Waals surface area (Å²) in [6.07, 6.45) is 0. The molecule has 0 spiro atoms. The minimum Gasteiger partial charge on any atom is -0.129 e. The van der Waals surface area contributed by atoms with Gasteiger partial charge in [-0.1, -0.05) is 51.1 Å². The molecule has 1 aromatic rings. The van der Waals surface area contributed by atoms with Gasteiger partial charge in [0, 0.05) is 11.0 Å². The Bertz CT molecular complexity index is 388. The number of benzene rings is 1. The van der Waals surface area contributed by atoms with Gasteiger partial charge >= 0.3 is 0 Å². The van der Waals surface area contributed by atoms with Gasteiger partial charge in [-0.3, -0.25) is 0 Å². The van der Waals surface area contributed by atoms with Gasteiger partial charge < -0.3 is 0 Å². The molecule has 1 heterocycles. The summed E-state index contributed by atoms with van der Waals surface area (Å²) in [7, 11) is 0. The van der Waals surface area contributed by atoms with Gasteiger partial charge in [0.05, 0.1) is 0 Å². The van der Waals surface area contributed by atoms with E-state index in [1.54, 1.807) is 0 Å². The maximum absolute atomic E-state index is 4.20. The molecule has 15 heavy (non-hydrogen) atoms. The van der Waals surface area contributed by atoms with E-state index in [0.29, 0.717) is 0 Å². The van der Waals surface area contributed by atoms with Crippen LogP contribution in [-0.2, 0) is 5.66 Å². The van der Waals surface area contributed by atoms with Crippen LogP contribution in [0.5, 0.6) is 0 Å². The largest absolute Gasteiger partial charge is 0.224 e. The van der Waals surface area contributed by atoms with Gasteiger partial charge in [-0.05, 0) is 10.4 Å². The summed E-state index contributed by atoms with van der Waals surface area (Å²) in [6, 6.07) is 9.95. The Kier molecular flexibility index (Phi) is 2.14. The van der Waals surface area contributed by atoms with E-state index in [1.807, 2.05) is 30.3 Å². The molecule has 0 saturated carbocycles. The lowest BCUT2D eigenvalue weighted by atomic mass is 9.77. The normalized spacial score (nSPS) is 18.3. The highest BCUT2D eigenvalue weighted by molar-refractivity contribution is 5.26. The van der Waals surface area contributed by atoms with Gasteiger partial charge in [-0.15, -0.1) is 10.2 Å². The van der Waals surface area contributed by atoms with Crippen LogP contribution in [0.1, 0.15) is 26.3 Å². The van der Waals surface area contributed by atoms with Gasteiger partial charge in [0.15, 0.2) is 0 Å². The molecule has 0 unspecified atom stereocenters. The highest BCUT2D eigenvalue weighted by Gasteiger charge is 2.46. The summed E-state index contributed by atoms with van der Waals surface area (Å²) in [5.41, 5.74) is 0.231. The molecule has 0 aliphatic carbocycles. The third kappa shape index (κ3) is 1.46. The summed E-state index contributed by atoms with van der Waals surface area (Å²) in [5.74, 6) is 0. The van der Waals surface area contributed by atoms with E-state index in [1.165, 1.54) is 0 Å². The first-order valence-corrected chi connectivity index (χ1v) is 4.96. The molecule has 1 aliphatic heterocycles. The second kappa shape index (κ2) is 3.22. The van der Waals surface area contributed by atoms with Crippen molar-refractivity contribution in [3.63, 3.8) is 0 Å². The average molecular weight is 202 g/mol. The van der Waals surface area contributed by atoms with Crippen molar-refractivity contribution in [3.05, 3.63) is 35.9 Å². The summed E-state index contributed by atoms with van der Waals surface area (Å²) < 4.78 is 0. The van der Waals surface area contributed by atoms with E-state index >= 15 is 0 Å². The fourth-order valence-corrected chi connectivity index (χ4v) is 1.71. The van der Waals surface area contributed by atoms with Gasteiger partial charge in [-0.25, -0.2) is 0 Å². The van der Waals surface area contributed by atoms with E-state index in [4.69, 9.17) is 0 Å². The van der Waals surface area contributed by atoms with Crippen molar-refractivity contribution in [2.45, 2.75) is 26.4 Å². The van der Waals surface area contributed by atoms with Crippen LogP contribution in [0.25, 0.3) is 0 Å². The molecule has 4 nitrogen and oxygen atoms in total. The van der Waals surface area contributed by atoms with E-state index in [-0.39, 0.29) is 5.41 Å². The Morgan fingerprint density at radius 3 is 1.93 bits per heavy atom. The lowest BCUT2D eigenvalue weighted by Crippen LogP contribution is -2.34. The molecule has 0 saturated heterocycles. The minimum absolute atomic E-state index is 0.141. The molecule has 0 fully saturated rings. The molecule has 0 atom stereocenters. The van der Waals surface area contributed by atoms with Gasteiger partial charge in [0.2, 0.25) is 5.66 Å². The third-order valence-electron chi connectivity index (χ3n) is 2.64. The fourth-order valence-electron chi connectivity index (χ4n) is 1.71. The van der Waals surface area contributed by atoms with Crippen molar-refractivity contribution in [2.24, 2.45) is 26.1 Å². The SMILES string of the molecule is CC(C)(C)C1(c2ccccc2)N=NN=N1. The molecule has 1 aliphatic rings. The first-order valence-electron chi connectivity index (χ1n) is 4.96. The highest BCUT2D eigenvalue weighted by atomic mass is 15.6. The Hall–Kier alpha value is -1.58. The summed E-state index contributed by atoms with van der Waals surface area (Å²) in [5, 5.41) is 15.7. The molecule has 0 N–H and O–H groups in total. The van der Waals surface area contributed by atoms with Crippen LogP contribution in [-0.4, -0.2) is 0 Å². The van der Waals surface area contributed by atoms with Gasteiger partial charge in [0.25, 0.3) is 0 Å².